The lowest BCUT2D eigenvalue weighted by Crippen LogP contribution is -1.82. The van der Waals surface area contributed by atoms with Gasteiger partial charge in [-0.1, -0.05) is 36.1 Å². The molecule has 0 radical (unpaired) electrons. The number of allylic oxidation sites excluding steroid dienone is 1. The van der Waals surface area contributed by atoms with Gasteiger partial charge in [-0.3, -0.25) is 0 Å². The fourth-order valence-electron chi connectivity index (χ4n) is 1.66. The van der Waals surface area contributed by atoms with E-state index >= 15 is 0 Å². The molecule has 0 amide bonds. The maximum absolute atomic E-state index is 5.11. The molecule has 0 saturated heterocycles. The fraction of sp³-hybridized carbons (Fsp3) is 0.111. The summed E-state index contributed by atoms with van der Waals surface area (Å²) in [5.41, 5.74) is 4.19. The molecule has 0 aliphatic rings. The van der Waals surface area contributed by atoms with E-state index in [-0.39, 0.29) is 0 Å². The molecule has 0 saturated carbocycles. The third kappa shape index (κ3) is 3.50. The maximum Gasteiger partial charge on any atom is 0.118 e. The van der Waals surface area contributed by atoms with Gasteiger partial charge in [0.15, 0.2) is 0 Å². The van der Waals surface area contributed by atoms with Crippen LogP contribution in [-0.2, 0) is 0 Å². The van der Waals surface area contributed by atoms with E-state index < -0.39 is 0 Å². The summed E-state index contributed by atoms with van der Waals surface area (Å²) in [6.45, 7) is 5.92. The summed E-state index contributed by atoms with van der Waals surface area (Å²) in [5.74, 6) is 7.12. The molecular formula is C18H16O. The standard InChI is InChI=1S/C18H16O/c1-14(2)17-10-6-15(7-11-17)4-5-16-8-12-18(19-3)13-9-16/h6-13H,1H2,2-3H3. The molecule has 94 valence electrons. The highest BCUT2D eigenvalue weighted by Crippen LogP contribution is 2.13. The van der Waals surface area contributed by atoms with Crippen LogP contribution in [0, 0.1) is 11.8 Å². The molecule has 2 rings (SSSR count). The van der Waals surface area contributed by atoms with Crippen LogP contribution in [0.2, 0.25) is 0 Å². The van der Waals surface area contributed by atoms with Crippen molar-refractivity contribution in [3.63, 3.8) is 0 Å². The molecule has 0 atom stereocenters. The lowest BCUT2D eigenvalue weighted by molar-refractivity contribution is 0.415. The summed E-state index contributed by atoms with van der Waals surface area (Å²) < 4.78 is 5.11. The second-order valence-corrected chi connectivity index (χ2v) is 4.34. The van der Waals surface area contributed by atoms with Crippen molar-refractivity contribution >= 4 is 5.57 Å². The molecule has 0 spiro atoms. The fourth-order valence-corrected chi connectivity index (χ4v) is 1.66. The lowest BCUT2D eigenvalue weighted by atomic mass is 10.1. The Morgan fingerprint density at radius 1 is 0.895 bits per heavy atom. The van der Waals surface area contributed by atoms with Crippen LogP contribution in [0.4, 0.5) is 0 Å². The molecule has 2 aromatic rings. The van der Waals surface area contributed by atoms with Gasteiger partial charge >= 0.3 is 0 Å². The molecule has 0 unspecified atom stereocenters. The molecule has 0 fully saturated rings. The highest BCUT2D eigenvalue weighted by Gasteiger charge is 1.93. The zero-order valence-corrected chi connectivity index (χ0v) is 11.2. The molecule has 1 nitrogen and oxygen atoms in total. The summed E-state index contributed by atoms with van der Waals surface area (Å²) in [6.07, 6.45) is 0. The maximum atomic E-state index is 5.11. The Kier molecular flexibility index (Phi) is 4.05. The minimum Gasteiger partial charge on any atom is -0.497 e. The van der Waals surface area contributed by atoms with Crippen molar-refractivity contribution in [3.8, 4) is 17.6 Å². The van der Waals surface area contributed by atoms with Crippen LogP contribution < -0.4 is 4.74 Å². The lowest BCUT2D eigenvalue weighted by Gasteiger charge is -1.99. The summed E-state index contributed by atoms with van der Waals surface area (Å²) in [7, 11) is 1.66. The normalized spacial score (nSPS) is 9.37. The first-order valence-electron chi connectivity index (χ1n) is 6.11. The molecule has 1 heteroatoms. The van der Waals surface area contributed by atoms with Crippen LogP contribution in [0.5, 0.6) is 5.75 Å². The van der Waals surface area contributed by atoms with Gasteiger partial charge in [0.2, 0.25) is 0 Å². The second-order valence-electron chi connectivity index (χ2n) is 4.34. The number of ether oxygens (including phenoxy) is 1. The molecule has 0 N–H and O–H groups in total. The van der Waals surface area contributed by atoms with Gasteiger partial charge in [0.25, 0.3) is 0 Å². The number of hydrogen-bond donors (Lipinski definition) is 0. The van der Waals surface area contributed by atoms with Crippen LogP contribution >= 0.6 is 0 Å². The van der Waals surface area contributed by atoms with E-state index in [1.54, 1.807) is 7.11 Å². The van der Waals surface area contributed by atoms with Gasteiger partial charge in [-0.2, -0.15) is 0 Å². The SMILES string of the molecule is C=C(C)c1ccc(C#Cc2ccc(OC)cc2)cc1. The zero-order chi connectivity index (χ0) is 13.7. The Morgan fingerprint density at radius 3 is 1.79 bits per heavy atom. The topological polar surface area (TPSA) is 9.23 Å². The summed E-state index contributed by atoms with van der Waals surface area (Å²) in [6, 6.07) is 15.8. The number of rotatable bonds is 2. The second kappa shape index (κ2) is 5.93. The largest absolute Gasteiger partial charge is 0.497 e. The summed E-state index contributed by atoms with van der Waals surface area (Å²) >= 11 is 0. The number of methoxy groups -OCH3 is 1. The Hall–Kier alpha value is -2.46. The average Bonchev–Trinajstić information content (AvgIpc) is 2.46. The number of benzene rings is 2. The van der Waals surface area contributed by atoms with Crippen molar-refractivity contribution < 1.29 is 4.74 Å². The Balaban J connectivity index is 2.16. The first-order valence-corrected chi connectivity index (χ1v) is 6.11. The van der Waals surface area contributed by atoms with Gasteiger partial charge in [0, 0.05) is 11.1 Å². The van der Waals surface area contributed by atoms with Crippen molar-refractivity contribution in [1.82, 2.24) is 0 Å². The first-order chi connectivity index (χ1) is 9.19. The van der Waals surface area contributed by atoms with Crippen LogP contribution in [0.15, 0.2) is 55.1 Å². The van der Waals surface area contributed by atoms with Crippen molar-refractivity contribution in [2.75, 3.05) is 7.11 Å². The van der Waals surface area contributed by atoms with E-state index in [9.17, 15) is 0 Å². The molecule has 2 aromatic carbocycles. The van der Waals surface area contributed by atoms with E-state index in [0.29, 0.717) is 0 Å². The van der Waals surface area contributed by atoms with Crippen LogP contribution in [0.25, 0.3) is 5.57 Å². The van der Waals surface area contributed by atoms with Crippen molar-refractivity contribution in [2.24, 2.45) is 0 Å². The Morgan fingerprint density at radius 2 is 1.37 bits per heavy atom. The van der Waals surface area contributed by atoms with Crippen molar-refractivity contribution in [1.29, 1.82) is 0 Å². The van der Waals surface area contributed by atoms with Crippen LogP contribution in [0.1, 0.15) is 23.6 Å². The van der Waals surface area contributed by atoms with E-state index in [1.165, 1.54) is 0 Å². The predicted octanol–water partition coefficient (Wildman–Crippen LogP) is 4.13. The van der Waals surface area contributed by atoms with Gasteiger partial charge in [0.1, 0.15) is 5.75 Å². The van der Waals surface area contributed by atoms with E-state index in [4.69, 9.17) is 4.74 Å². The Bertz CT molecular complexity index is 622. The molecule has 19 heavy (non-hydrogen) atoms. The van der Waals surface area contributed by atoms with E-state index in [0.717, 1.165) is 28.0 Å². The third-order valence-electron chi connectivity index (χ3n) is 2.82. The molecule has 0 heterocycles. The smallest absolute Gasteiger partial charge is 0.118 e. The minimum absolute atomic E-state index is 0.844. The number of hydrogen-bond acceptors (Lipinski definition) is 1. The molecule has 0 aliphatic carbocycles. The highest BCUT2D eigenvalue weighted by molar-refractivity contribution is 5.62. The quantitative estimate of drug-likeness (QED) is 0.726. The summed E-state index contributed by atoms with van der Waals surface area (Å²) in [5, 5.41) is 0. The van der Waals surface area contributed by atoms with Gasteiger partial charge in [-0.15, -0.1) is 0 Å². The molecular weight excluding hydrogens is 232 g/mol. The molecule has 0 bridgehead atoms. The Labute approximate surface area is 114 Å². The summed E-state index contributed by atoms with van der Waals surface area (Å²) in [4.78, 5) is 0. The van der Waals surface area contributed by atoms with Crippen molar-refractivity contribution in [2.45, 2.75) is 6.92 Å². The van der Waals surface area contributed by atoms with E-state index in [1.807, 2.05) is 55.5 Å². The van der Waals surface area contributed by atoms with Crippen molar-refractivity contribution in [3.05, 3.63) is 71.8 Å². The highest BCUT2D eigenvalue weighted by atomic mass is 16.5. The van der Waals surface area contributed by atoms with Gasteiger partial charge in [-0.25, -0.2) is 0 Å². The first kappa shape index (κ1) is 13.0. The van der Waals surface area contributed by atoms with Gasteiger partial charge in [-0.05, 0) is 48.9 Å². The predicted molar refractivity (Wildman–Crippen MR) is 80.1 cm³/mol. The van der Waals surface area contributed by atoms with E-state index in [2.05, 4.69) is 18.4 Å². The zero-order valence-electron chi connectivity index (χ0n) is 11.2. The van der Waals surface area contributed by atoms with Gasteiger partial charge in [0.05, 0.1) is 7.11 Å². The van der Waals surface area contributed by atoms with Crippen LogP contribution in [0.3, 0.4) is 0 Å². The monoisotopic (exact) mass is 248 g/mol. The molecule has 0 aliphatic heterocycles. The molecule has 0 aromatic heterocycles. The minimum atomic E-state index is 0.844. The van der Waals surface area contributed by atoms with Crippen LogP contribution in [-0.4, -0.2) is 7.11 Å². The average molecular weight is 248 g/mol. The third-order valence-corrected chi connectivity index (χ3v) is 2.82. The van der Waals surface area contributed by atoms with Gasteiger partial charge < -0.3 is 4.74 Å².